The first-order valence-corrected chi connectivity index (χ1v) is 5.44. The average molecular weight is 198 g/mol. The van der Waals surface area contributed by atoms with E-state index in [2.05, 4.69) is 10.3 Å². The molecular formula is C9H14N2OS. The van der Waals surface area contributed by atoms with E-state index >= 15 is 0 Å². The van der Waals surface area contributed by atoms with Crippen molar-refractivity contribution in [3.8, 4) is 0 Å². The predicted octanol–water partition coefficient (Wildman–Crippen LogP) is 1.56. The van der Waals surface area contributed by atoms with E-state index in [4.69, 9.17) is 0 Å². The lowest BCUT2D eigenvalue weighted by Gasteiger charge is -2.13. The Morgan fingerprint density at radius 1 is 1.69 bits per heavy atom. The lowest BCUT2D eigenvalue weighted by molar-refractivity contribution is -0.114. The Hall–Kier alpha value is -0.770. The normalized spacial score (nSPS) is 23.9. The molecule has 0 aromatic rings. The maximum atomic E-state index is 11.3. The molecule has 0 aliphatic carbocycles. The number of thioether (sulfide) groups is 1. The Labute approximate surface area is 82.7 Å². The van der Waals surface area contributed by atoms with Crippen molar-refractivity contribution in [3.05, 3.63) is 11.1 Å². The van der Waals surface area contributed by atoms with Gasteiger partial charge in [0.05, 0.1) is 11.8 Å². The quantitative estimate of drug-likeness (QED) is 0.694. The molecule has 1 aliphatic heterocycles. The number of rotatable bonds is 1. The lowest BCUT2D eigenvalue weighted by atomic mass is 10.2. The summed E-state index contributed by atoms with van der Waals surface area (Å²) in [6.07, 6.45) is 4.68. The first-order valence-electron chi connectivity index (χ1n) is 4.21. The molecule has 1 atom stereocenters. The minimum atomic E-state index is -0.0990. The summed E-state index contributed by atoms with van der Waals surface area (Å²) in [6, 6.07) is 0.199. The van der Waals surface area contributed by atoms with E-state index in [1.807, 2.05) is 13.2 Å². The second-order valence-electron chi connectivity index (χ2n) is 3.06. The zero-order chi connectivity index (χ0) is 9.84. The van der Waals surface area contributed by atoms with Crippen LogP contribution in [0.2, 0.25) is 0 Å². The highest BCUT2D eigenvalue weighted by Crippen LogP contribution is 2.19. The molecule has 13 heavy (non-hydrogen) atoms. The molecule has 1 amide bonds. The van der Waals surface area contributed by atoms with Gasteiger partial charge in [-0.3, -0.25) is 9.79 Å². The number of hydrogen-bond acceptors (Lipinski definition) is 3. The summed E-state index contributed by atoms with van der Waals surface area (Å²) in [4.78, 5) is 16.7. The van der Waals surface area contributed by atoms with Gasteiger partial charge in [0.25, 0.3) is 5.91 Å². The Balaban J connectivity index is 2.81. The van der Waals surface area contributed by atoms with Gasteiger partial charge in [0.1, 0.15) is 0 Å². The molecule has 4 heteroatoms. The highest BCUT2D eigenvalue weighted by molar-refractivity contribution is 8.02. The molecule has 1 heterocycles. The van der Waals surface area contributed by atoms with E-state index in [0.29, 0.717) is 5.71 Å². The number of nitrogens with zero attached hydrogens (tertiary/aromatic N) is 1. The summed E-state index contributed by atoms with van der Waals surface area (Å²) >= 11 is 1.65. The van der Waals surface area contributed by atoms with Gasteiger partial charge in [-0.15, -0.1) is 11.8 Å². The molecule has 1 rings (SSSR count). The van der Waals surface area contributed by atoms with Crippen molar-refractivity contribution in [1.82, 2.24) is 5.32 Å². The Kier molecular flexibility index (Phi) is 3.54. The van der Waals surface area contributed by atoms with E-state index in [0.717, 1.165) is 11.3 Å². The SMILES string of the molecule is CSC1=CNC(=O)C(C)=N[C@@H](C)C1. The third-order valence-corrected chi connectivity index (χ3v) is 2.67. The van der Waals surface area contributed by atoms with Crippen molar-refractivity contribution >= 4 is 23.4 Å². The molecule has 0 fully saturated rings. The fraction of sp³-hybridized carbons (Fsp3) is 0.556. The number of aliphatic imine (C=N–C) groups is 1. The maximum absolute atomic E-state index is 11.3. The van der Waals surface area contributed by atoms with Crippen LogP contribution in [0.5, 0.6) is 0 Å². The first kappa shape index (κ1) is 10.3. The number of hydrogen-bond donors (Lipinski definition) is 1. The Morgan fingerprint density at radius 2 is 2.38 bits per heavy atom. The summed E-state index contributed by atoms with van der Waals surface area (Å²) in [7, 11) is 0. The molecule has 1 aliphatic rings. The van der Waals surface area contributed by atoms with E-state index in [1.165, 1.54) is 0 Å². The van der Waals surface area contributed by atoms with Gasteiger partial charge in [0, 0.05) is 17.5 Å². The standard InChI is InChI=1S/C9H14N2OS/c1-6-4-8(13-3)5-10-9(12)7(2)11-6/h5-6H,4H2,1-3H3,(H,10,12)/t6-/m0/s1. The molecule has 0 saturated carbocycles. The van der Waals surface area contributed by atoms with Gasteiger partial charge >= 0.3 is 0 Å². The summed E-state index contributed by atoms with van der Waals surface area (Å²) < 4.78 is 0. The van der Waals surface area contributed by atoms with Crippen LogP contribution in [0.25, 0.3) is 0 Å². The lowest BCUT2D eigenvalue weighted by Crippen LogP contribution is -2.28. The molecule has 0 bridgehead atoms. The van der Waals surface area contributed by atoms with Crippen molar-refractivity contribution < 1.29 is 4.79 Å². The van der Waals surface area contributed by atoms with Crippen LogP contribution >= 0.6 is 11.8 Å². The number of carbonyl (C=O) groups excluding carboxylic acids is 1. The average Bonchev–Trinajstić information content (AvgIpc) is 2.09. The highest BCUT2D eigenvalue weighted by atomic mass is 32.2. The van der Waals surface area contributed by atoms with Crippen LogP contribution < -0.4 is 5.32 Å². The number of nitrogens with one attached hydrogen (secondary N) is 1. The molecule has 1 N–H and O–H groups in total. The Morgan fingerprint density at radius 3 is 3.00 bits per heavy atom. The van der Waals surface area contributed by atoms with Gasteiger partial charge in [0.15, 0.2) is 0 Å². The third kappa shape index (κ3) is 2.88. The molecule has 0 aromatic heterocycles. The van der Waals surface area contributed by atoms with Crippen molar-refractivity contribution in [2.75, 3.05) is 6.26 Å². The summed E-state index contributed by atoms with van der Waals surface area (Å²) in [5.74, 6) is -0.0990. The second-order valence-corrected chi connectivity index (χ2v) is 3.99. The molecular weight excluding hydrogens is 184 g/mol. The summed E-state index contributed by atoms with van der Waals surface area (Å²) in [5.41, 5.74) is 0.559. The van der Waals surface area contributed by atoms with Crippen LogP contribution in [0, 0.1) is 0 Å². The van der Waals surface area contributed by atoms with E-state index in [-0.39, 0.29) is 11.9 Å². The van der Waals surface area contributed by atoms with Crippen LogP contribution in [0.4, 0.5) is 0 Å². The fourth-order valence-electron chi connectivity index (χ4n) is 1.18. The minimum absolute atomic E-state index is 0.0990. The number of amides is 1. The van der Waals surface area contributed by atoms with E-state index in [9.17, 15) is 4.79 Å². The monoisotopic (exact) mass is 198 g/mol. The van der Waals surface area contributed by atoms with Gasteiger partial charge < -0.3 is 5.32 Å². The van der Waals surface area contributed by atoms with Crippen LogP contribution in [-0.2, 0) is 4.79 Å². The third-order valence-electron chi connectivity index (χ3n) is 1.87. The van der Waals surface area contributed by atoms with Crippen LogP contribution in [0.1, 0.15) is 20.3 Å². The molecule has 0 spiro atoms. The van der Waals surface area contributed by atoms with Gasteiger partial charge in [0.2, 0.25) is 0 Å². The van der Waals surface area contributed by atoms with Gasteiger partial charge in [-0.25, -0.2) is 0 Å². The molecule has 3 nitrogen and oxygen atoms in total. The molecule has 0 unspecified atom stereocenters. The Bertz CT molecular complexity index is 271. The summed E-state index contributed by atoms with van der Waals surface area (Å²) in [6.45, 7) is 3.76. The van der Waals surface area contributed by atoms with Crippen LogP contribution in [-0.4, -0.2) is 23.9 Å². The van der Waals surface area contributed by atoms with E-state index < -0.39 is 0 Å². The van der Waals surface area contributed by atoms with Crippen LogP contribution in [0.15, 0.2) is 16.1 Å². The zero-order valence-electron chi connectivity index (χ0n) is 8.13. The summed E-state index contributed by atoms with van der Waals surface area (Å²) in [5, 5.41) is 2.70. The van der Waals surface area contributed by atoms with Crippen molar-refractivity contribution in [2.24, 2.45) is 4.99 Å². The molecule has 72 valence electrons. The second kappa shape index (κ2) is 4.46. The zero-order valence-corrected chi connectivity index (χ0v) is 8.94. The van der Waals surface area contributed by atoms with Crippen LogP contribution in [0.3, 0.4) is 0 Å². The van der Waals surface area contributed by atoms with Gasteiger partial charge in [-0.05, 0) is 20.1 Å². The maximum Gasteiger partial charge on any atom is 0.268 e. The predicted molar refractivity (Wildman–Crippen MR) is 56.9 cm³/mol. The molecule has 0 saturated heterocycles. The first-order chi connectivity index (χ1) is 6.13. The largest absolute Gasteiger partial charge is 0.327 e. The number of carbonyl (C=O) groups is 1. The van der Waals surface area contributed by atoms with Crippen molar-refractivity contribution in [1.29, 1.82) is 0 Å². The molecule has 0 radical (unpaired) electrons. The van der Waals surface area contributed by atoms with E-state index in [1.54, 1.807) is 24.9 Å². The smallest absolute Gasteiger partial charge is 0.268 e. The fourth-order valence-corrected chi connectivity index (χ4v) is 1.76. The van der Waals surface area contributed by atoms with Crippen molar-refractivity contribution in [3.63, 3.8) is 0 Å². The molecule has 0 aromatic carbocycles. The van der Waals surface area contributed by atoms with Gasteiger partial charge in [-0.1, -0.05) is 0 Å². The minimum Gasteiger partial charge on any atom is -0.327 e. The topological polar surface area (TPSA) is 41.5 Å². The van der Waals surface area contributed by atoms with Crippen molar-refractivity contribution in [2.45, 2.75) is 26.3 Å². The highest BCUT2D eigenvalue weighted by Gasteiger charge is 2.11. The van der Waals surface area contributed by atoms with Gasteiger partial charge in [-0.2, -0.15) is 0 Å².